The van der Waals surface area contributed by atoms with Gasteiger partial charge in [0.1, 0.15) is 0 Å². The van der Waals surface area contributed by atoms with Crippen molar-refractivity contribution in [3.05, 3.63) is 52.4 Å². The van der Waals surface area contributed by atoms with E-state index in [2.05, 4.69) is 10.3 Å². The summed E-state index contributed by atoms with van der Waals surface area (Å²) in [6.45, 7) is 1.09. The lowest BCUT2D eigenvalue weighted by Gasteiger charge is -2.15. The van der Waals surface area contributed by atoms with Crippen LogP contribution in [0.15, 0.2) is 46.2 Å². The highest BCUT2D eigenvalue weighted by Gasteiger charge is 2.27. The molecule has 1 aromatic carbocycles. The van der Waals surface area contributed by atoms with Crippen LogP contribution in [0.5, 0.6) is 0 Å². The van der Waals surface area contributed by atoms with Gasteiger partial charge in [0.25, 0.3) is 11.5 Å². The number of pyridine rings is 1. The molecule has 2 aromatic heterocycles. The summed E-state index contributed by atoms with van der Waals surface area (Å²) >= 11 is 1.19. The largest absolute Gasteiger partial charge is 0.319 e. The highest BCUT2D eigenvalue weighted by molar-refractivity contribution is 7.89. The van der Waals surface area contributed by atoms with Crippen LogP contribution in [0.25, 0.3) is 10.2 Å². The number of rotatable bonds is 4. The maximum atomic E-state index is 12.7. The lowest BCUT2D eigenvalue weighted by molar-refractivity contribution is 0.102. The summed E-state index contributed by atoms with van der Waals surface area (Å²) in [4.78, 5) is 28.6. The molecule has 3 aromatic rings. The van der Waals surface area contributed by atoms with Crippen molar-refractivity contribution in [1.29, 1.82) is 0 Å². The Morgan fingerprint density at radius 3 is 2.64 bits per heavy atom. The smallest absolute Gasteiger partial charge is 0.257 e. The molecule has 1 N–H and O–H groups in total. The lowest BCUT2D eigenvalue weighted by Crippen LogP contribution is -2.27. The van der Waals surface area contributed by atoms with Crippen molar-refractivity contribution in [3.63, 3.8) is 0 Å². The van der Waals surface area contributed by atoms with E-state index in [1.165, 1.54) is 32.5 Å². The average molecular weight is 419 g/mol. The highest BCUT2D eigenvalue weighted by atomic mass is 32.2. The number of nitrogens with zero attached hydrogens (tertiary/aromatic N) is 3. The summed E-state index contributed by atoms with van der Waals surface area (Å²) < 4.78 is 29.0. The van der Waals surface area contributed by atoms with E-state index in [0.29, 0.717) is 28.4 Å². The Bertz CT molecular complexity index is 1220. The van der Waals surface area contributed by atoms with Crippen LogP contribution in [0.1, 0.15) is 23.2 Å². The van der Waals surface area contributed by atoms with E-state index >= 15 is 0 Å². The third kappa shape index (κ3) is 3.46. The van der Waals surface area contributed by atoms with Gasteiger partial charge in [-0.25, -0.2) is 13.4 Å². The van der Waals surface area contributed by atoms with Crippen LogP contribution in [-0.2, 0) is 17.1 Å². The predicted octanol–water partition coefficient (Wildman–Crippen LogP) is 2.03. The molecule has 0 spiro atoms. The van der Waals surface area contributed by atoms with E-state index < -0.39 is 15.9 Å². The molecule has 4 rings (SSSR count). The third-order valence-corrected chi connectivity index (χ3v) is 7.48. The minimum absolute atomic E-state index is 0.231. The van der Waals surface area contributed by atoms with Crippen molar-refractivity contribution in [2.45, 2.75) is 17.7 Å². The first kappa shape index (κ1) is 18.8. The summed E-state index contributed by atoms with van der Waals surface area (Å²) in [5, 5.41) is 3.01. The van der Waals surface area contributed by atoms with Crippen LogP contribution < -0.4 is 10.9 Å². The van der Waals surface area contributed by atoms with Gasteiger partial charge in [-0.2, -0.15) is 4.31 Å². The molecule has 1 aliphatic rings. The van der Waals surface area contributed by atoms with E-state index in [4.69, 9.17) is 0 Å². The minimum Gasteiger partial charge on any atom is -0.319 e. The maximum absolute atomic E-state index is 12.7. The number of fused-ring (bicyclic) bond motifs is 1. The third-order valence-electron chi connectivity index (χ3n) is 4.65. The molecule has 8 nitrogen and oxygen atoms in total. The molecular formula is C18H18N4O4S2. The van der Waals surface area contributed by atoms with Crippen LogP contribution in [0.2, 0.25) is 0 Å². The fraction of sp³-hybridized carbons (Fsp3) is 0.278. The first-order chi connectivity index (χ1) is 13.3. The molecule has 0 aliphatic carbocycles. The number of benzene rings is 1. The Labute approximate surface area is 165 Å². The van der Waals surface area contributed by atoms with Crippen LogP contribution in [0, 0.1) is 0 Å². The molecule has 3 heterocycles. The van der Waals surface area contributed by atoms with E-state index in [-0.39, 0.29) is 16.0 Å². The normalized spacial score (nSPS) is 15.2. The summed E-state index contributed by atoms with van der Waals surface area (Å²) in [5.41, 5.74) is 0.554. The molecule has 0 atom stereocenters. The van der Waals surface area contributed by atoms with Gasteiger partial charge in [0.15, 0.2) is 5.13 Å². The van der Waals surface area contributed by atoms with Gasteiger partial charge in [-0.3, -0.25) is 14.9 Å². The van der Waals surface area contributed by atoms with E-state index in [1.54, 1.807) is 31.3 Å². The summed E-state index contributed by atoms with van der Waals surface area (Å²) in [6, 6.07) is 7.58. The van der Waals surface area contributed by atoms with Crippen LogP contribution in [0.3, 0.4) is 0 Å². The molecule has 0 radical (unpaired) electrons. The number of sulfonamides is 1. The number of aromatic nitrogens is 2. The first-order valence-electron chi connectivity index (χ1n) is 8.73. The zero-order valence-corrected chi connectivity index (χ0v) is 16.7. The number of thiazole rings is 1. The number of nitrogens with one attached hydrogen (secondary N) is 1. The fourth-order valence-corrected chi connectivity index (χ4v) is 5.57. The summed E-state index contributed by atoms with van der Waals surface area (Å²) in [7, 11) is -1.91. The van der Waals surface area contributed by atoms with E-state index in [9.17, 15) is 18.0 Å². The topological polar surface area (TPSA) is 101 Å². The van der Waals surface area contributed by atoms with Gasteiger partial charge in [-0.15, -0.1) is 0 Å². The highest BCUT2D eigenvalue weighted by Crippen LogP contribution is 2.30. The molecule has 0 bridgehead atoms. The predicted molar refractivity (Wildman–Crippen MR) is 107 cm³/mol. The molecule has 146 valence electrons. The molecule has 10 heteroatoms. The van der Waals surface area contributed by atoms with Crippen molar-refractivity contribution in [3.8, 4) is 0 Å². The molecule has 1 amide bonds. The number of amides is 1. The number of aryl methyl sites for hydroxylation is 1. The Morgan fingerprint density at radius 2 is 1.93 bits per heavy atom. The molecule has 1 saturated heterocycles. The second-order valence-electron chi connectivity index (χ2n) is 6.58. The molecular weight excluding hydrogens is 400 g/mol. The van der Waals surface area contributed by atoms with E-state index in [0.717, 1.165) is 12.8 Å². The van der Waals surface area contributed by atoms with Crippen molar-refractivity contribution < 1.29 is 13.2 Å². The number of hydrogen-bond donors (Lipinski definition) is 1. The Balaban J connectivity index is 1.60. The Hall–Kier alpha value is -2.56. The minimum atomic E-state index is -3.51. The quantitative estimate of drug-likeness (QED) is 0.699. The zero-order valence-electron chi connectivity index (χ0n) is 15.1. The van der Waals surface area contributed by atoms with Crippen molar-refractivity contribution in [1.82, 2.24) is 13.9 Å². The Morgan fingerprint density at radius 1 is 1.18 bits per heavy atom. The number of hydrogen-bond acceptors (Lipinski definition) is 6. The molecule has 28 heavy (non-hydrogen) atoms. The van der Waals surface area contributed by atoms with Crippen molar-refractivity contribution in [2.24, 2.45) is 7.05 Å². The molecule has 0 unspecified atom stereocenters. The van der Waals surface area contributed by atoms with Gasteiger partial charge in [-0.05, 0) is 37.1 Å². The van der Waals surface area contributed by atoms with Gasteiger partial charge in [0, 0.05) is 38.0 Å². The van der Waals surface area contributed by atoms with E-state index in [1.807, 2.05) is 0 Å². The van der Waals surface area contributed by atoms with Crippen LogP contribution in [-0.4, -0.2) is 41.3 Å². The summed E-state index contributed by atoms with van der Waals surface area (Å²) in [5.74, 6) is -0.443. The number of anilines is 1. The van der Waals surface area contributed by atoms with Crippen molar-refractivity contribution in [2.75, 3.05) is 18.4 Å². The fourth-order valence-electron chi connectivity index (χ4n) is 3.06. The van der Waals surface area contributed by atoms with Gasteiger partial charge in [0.05, 0.1) is 15.1 Å². The summed E-state index contributed by atoms with van der Waals surface area (Å²) in [6.07, 6.45) is 3.27. The second-order valence-corrected chi connectivity index (χ2v) is 9.55. The van der Waals surface area contributed by atoms with Crippen molar-refractivity contribution >= 4 is 42.6 Å². The first-order valence-corrected chi connectivity index (χ1v) is 11.0. The van der Waals surface area contributed by atoms with Crippen LogP contribution in [0.4, 0.5) is 5.13 Å². The number of carbonyl (C=O) groups excluding carboxylic acids is 1. The second kappa shape index (κ2) is 7.12. The standard InChI is InChI=1S/C18H18N4O4S2/c1-21-9-6-12(10-16(21)23)17(24)20-18-19-14-5-4-13(11-15(14)27-18)28(25,26)22-7-2-3-8-22/h4-6,9-11H,2-3,7-8H2,1H3,(H,19,20,24). The van der Waals surface area contributed by atoms with Crippen LogP contribution >= 0.6 is 11.3 Å². The molecule has 1 fully saturated rings. The van der Waals surface area contributed by atoms with Gasteiger partial charge in [-0.1, -0.05) is 11.3 Å². The maximum Gasteiger partial charge on any atom is 0.257 e. The monoisotopic (exact) mass is 418 g/mol. The number of carbonyl (C=O) groups is 1. The zero-order chi connectivity index (χ0) is 19.9. The van der Waals surface area contributed by atoms with Gasteiger partial charge >= 0.3 is 0 Å². The average Bonchev–Trinajstić information content (AvgIpc) is 3.32. The molecule has 0 saturated carbocycles. The molecule has 1 aliphatic heterocycles. The van der Waals surface area contributed by atoms with Gasteiger partial charge < -0.3 is 4.57 Å². The van der Waals surface area contributed by atoms with Gasteiger partial charge in [0.2, 0.25) is 10.0 Å². The Kier molecular flexibility index (Phi) is 4.77. The SMILES string of the molecule is Cn1ccc(C(=O)Nc2nc3ccc(S(=O)(=O)N4CCCC4)cc3s2)cc1=O. The lowest BCUT2D eigenvalue weighted by atomic mass is 10.2.